The lowest BCUT2D eigenvalue weighted by molar-refractivity contribution is -0.136. The van der Waals surface area contributed by atoms with Gasteiger partial charge in [-0.2, -0.15) is 4.98 Å². The van der Waals surface area contributed by atoms with Crippen molar-refractivity contribution in [2.24, 2.45) is 23.7 Å². The molecular weight excluding hydrogens is 244 g/mol. The number of carboxylic acids is 1. The third-order valence-electron chi connectivity index (χ3n) is 5.31. The first-order valence-electron chi connectivity index (χ1n) is 7.23. The van der Waals surface area contributed by atoms with Crippen molar-refractivity contribution in [1.82, 2.24) is 10.1 Å². The predicted molar refractivity (Wildman–Crippen MR) is 65.4 cm³/mol. The van der Waals surface area contributed by atoms with Crippen molar-refractivity contribution in [3.8, 4) is 0 Å². The fourth-order valence-electron chi connectivity index (χ4n) is 4.94. The Kier molecular flexibility index (Phi) is 2.44. The van der Waals surface area contributed by atoms with Crippen molar-refractivity contribution >= 4 is 5.97 Å². The zero-order chi connectivity index (χ0) is 13.0. The highest BCUT2D eigenvalue weighted by molar-refractivity contribution is 5.68. The summed E-state index contributed by atoms with van der Waals surface area (Å²) >= 11 is 0. The Morgan fingerprint density at radius 3 is 2.37 bits per heavy atom. The smallest absolute Gasteiger partial charge is 0.311 e. The number of carboxylic acid groups (broad SMARTS) is 1. The summed E-state index contributed by atoms with van der Waals surface area (Å²) in [7, 11) is 0. The minimum Gasteiger partial charge on any atom is -0.481 e. The number of rotatable bonds is 3. The molecule has 5 heteroatoms. The Balaban J connectivity index is 1.58. The van der Waals surface area contributed by atoms with E-state index < -0.39 is 5.97 Å². The third kappa shape index (κ3) is 1.86. The summed E-state index contributed by atoms with van der Waals surface area (Å²) in [6.45, 7) is 0. The van der Waals surface area contributed by atoms with Gasteiger partial charge in [-0.05, 0) is 55.8 Å². The van der Waals surface area contributed by atoms with Gasteiger partial charge in [0, 0.05) is 5.92 Å². The normalized spacial score (nSPS) is 39.7. The van der Waals surface area contributed by atoms with E-state index in [1.807, 2.05) is 0 Å². The molecule has 0 saturated heterocycles. The highest BCUT2D eigenvalue weighted by atomic mass is 16.5. The minimum atomic E-state index is -0.905. The van der Waals surface area contributed by atoms with Crippen LogP contribution >= 0.6 is 0 Å². The van der Waals surface area contributed by atoms with Crippen molar-refractivity contribution in [2.75, 3.05) is 0 Å². The van der Waals surface area contributed by atoms with Gasteiger partial charge in [0.25, 0.3) is 0 Å². The summed E-state index contributed by atoms with van der Waals surface area (Å²) in [5, 5.41) is 12.6. The average molecular weight is 262 g/mol. The van der Waals surface area contributed by atoms with E-state index in [0.717, 1.165) is 11.8 Å². The summed E-state index contributed by atoms with van der Waals surface area (Å²) in [6.07, 6.45) is 6.48. The van der Waals surface area contributed by atoms with E-state index in [1.54, 1.807) is 0 Å². The van der Waals surface area contributed by atoms with Gasteiger partial charge < -0.3 is 9.63 Å². The first kappa shape index (κ1) is 11.4. The Morgan fingerprint density at radius 2 is 1.79 bits per heavy atom. The topological polar surface area (TPSA) is 76.2 Å². The number of nitrogens with zero attached hydrogens (tertiary/aromatic N) is 2. The molecule has 4 aliphatic carbocycles. The van der Waals surface area contributed by atoms with Crippen LogP contribution in [0.15, 0.2) is 4.52 Å². The number of carbonyl (C=O) groups is 1. The largest absolute Gasteiger partial charge is 0.481 e. The van der Waals surface area contributed by atoms with Crippen LogP contribution in [0.2, 0.25) is 0 Å². The molecule has 0 amide bonds. The van der Waals surface area contributed by atoms with Crippen molar-refractivity contribution in [3.63, 3.8) is 0 Å². The van der Waals surface area contributed by atoms with Gasteiger partial charge in [-0.15, -0.1) is 0 Å². The van der Waals surface area contributed by atoms with Crippen LogP contribution in [-0.2, 0) is 11.2 Å². The second kappa shape index (κ2) is 4.05. The average Bonchev–Trinajstić information content (AvgIpc) is 2.75. The molecule has 0 radical (unpaired) electrons. The van der Waals surface area contributed by atoms with Gasteiger partial charge in [0.2, 0.25) is 5.89 Å². The monoisotopic (exact) mass is 262 g/mol. The van der Waals surface area contributed by atoms with E-state index in [9.17, 15) is 4.79 Å². The highest BCUT2D eigenvalue weighted by Crippen LogP contribution is 2.59. The van der Waals surface area contributed by atoms with E-state index >= 15 is 0 Å². The summed E-state index contributed by atoms with van der Waals surface area (Å²) < 4.78 is 5.37. The number of aromatic nitrogens is 2. The van der Waals surface area contributed by atoms with Crippen molar-refractivity contribution in [2.45, 2.75) is 44.4 Å². The van der Waals surface area contributed by atoms with Gasteiger partial charge in [-0.1, -0.05) is 5.16 Å². The molecule has 0 aromatic carbocycles. The molecule has 4 fully saturated rings. The quantitative estimate of drug-likeness (QED) is 0.904. The molecule has 0 unspecified atom stereocenters. The molecule has 1 aromatic heterocycles. The number of hydrogen-bond acceptors (Lipinski definition) is 4. The first-order valence-corrected chi connectivity index (χ1v) is 7.23. The first-order chi connectivity index (χ1) is 9.19. The maximum atomic E-state index is 10.7. The van der Waals surface area contributed by atoms with E-state index in [1.165, 1.54) is 32.1 Å². The molecular formula is C14H18N2O3. The molecule has 102 valence electrons. The van der Waals surface area contributed by atoms with Crippen LogP contribution < -0.4 is 0 Å². The summed E-state index contributed by atoms with van der Waals surface area (Å²) in [5.74, 6) is 3.71. The van der Waals surface area contributed by atoms with Crippen molar-refractivity contribution in [3.05, 3.63) is 11.7 Å². The molecule has 5 rings (SSSR count). The molecule has 5 nitrogen and oxygen atoms in total. The van der Waals surface area contributed by atoms with Gasteiger partial charge in [0.05, 0.1) is 0 Å². The fraction of sp³-hybridized carbons (Fsp3) is 0.786. The second-order valence-electron chi connectivity index (χ2n) is 6.58. The molecule has 1 N–H and O–H groups in total. The molecule has 0 atom stereocenters. The van der Waals surface area contributed by atoms with E-state index in [4.69, 9.17) is 9.63 Å². The summed E-state index contributed by atoms with van der Waals surface area (Å²) in [6, 6.07) is 0. The van der Waals surface area contributed by atoms with Gasteiger partial charge >= 0.3 is 5.97 Å². The van der Waals surface area contributed by atoms with Crippen LogP contribution in [0.1, 0.15) is 49.7 Å². The van der Waals surface area contributed by atoms with Crippen LogP contribution in [-0.4, -0.2) is 21.2 Å². The van der Waals surface area contributed by atoms with E-state index in [2.05, 4.69) is 10.1 Å². The Bertz CT molecular complexity index is 483. The van der Waals surface area contributed by atoms with Crippen LogP contribution in [0, 0.1) is 23.7 Å². The molecule has 0 aliphatic heterocycles. The Labute approximate surface area is 111 Å². The molecule has 1 heterocycles. The highest BCUT2D eigenvalue weighted by Gasteiger charge is 2.50. The lowest BCUT2D eigenvalue weighted by atomic mass is 9.52. The zero-order valence-corrected chi connectivity index (χ0v) is 10.8. The SMILES string of the molecule is O=C(O)Cc1noc(C2C3CC4CC(C3)CC2C4)n1. The summed E-state index contributed by atoms with van der Waals surface area (Å²) in [5.41, 5.74) is 0. The predicted octanol–water partition coefficient (Wildman–Crippen LogP) is 2.24. The van der Waals surface area contributed by atoms with Crippen LogP contribution in [0.5, 0.6) is 0 Å². The fourth-order valence-corrected chi connectivity index (χ4v) is 4.94. The van der Waals surface area contributed by atoms with Gasteiger partial charge in [0.1, 0.15) is 6.42 Å². The summed E-state index contributed by atoms with van der Waals surface area (Å²) in [4.78, 5) is 15.0. The van der Waals surface area contributed by atoms with Crippen molar-refractivity contribution < 1.29 is 14.4 Å². The molecule has 1 aromatic rings. The van der Waals surface area contributed by atoms with Crippen LogP contribution in [0.4, 0.5) is 0 Å². The van der Waals surface area contributed by atoms with Gasteiger partial charge in [-0.3, -0.25) is 4.79 Å². The molecule has 4 bridgehead atoms. The molecule has 19 heavy (non-hydrogen) atoms. The lowest BCUT2D eigenvalue weighted by Gasteiger charge is -2.53. The maximum absolute atomic E-state index is 10.7. The minimum absolute atomic E-state index is 0.142. The maximum Gasteiger partial charge on any atom is 0.311 e. The number of hydrogen-bond donors (Lipinski definition) is 1. The third-order valence-corrected chi connectivity index (χ3v) is 5.31. The second-order valence-corrected chi connectivity index (χ2v) is 6.58. The standard InChI is InChI=1S/C14H18N2O3/c17-12(18)6-11-15-14(19-16-11)13-9-2-7-1-8(4-9)5-10(13)3-7/h7-10,13H,1-6H2,(H,17,18). The van der Waals surface area contributed by atoms with Crippen LogP contribution in [0.3, 0.4) is 0 Å². The zero-order valence-electron chi connectivity index (χ0n) is 10.8. The van der Waals surface area contributed by atoms with Gasteiger partial charge in [-0.25, -0.2) is 0 Å². The molecule has 4 saturated carbocycles. The van der Waals surface area contributed by atoms with Crippen LogP contribution in [0.25, 0.3) is 0 Å². The van der Waals surface area contributed by atoms with Crippen molar-refractivity contribution in [1.29, 1.82) is 0 Å². The molecule has 4 aliphatic rings. The lowest BCUT2D eigenvalue weighted by Crippen LogP contribution is -2.43. The van der Waals surface area contributed by atoms with E-state index in [-0.39, 0.29) is 6.42 Å². The van der Waals surface area contributed by atoms with E-state index in [0.29, 0.717) is 29.5 Å². The number of aliphatic carboxylic acids is 1. The van der Waals surface area contributed by atoms with Gasteiger partial charge in [0.15, 0.2) is 5.82 Å². The Morgan fingerprint density at radius 1 is 1.16 bits per heavy atom. The Hall–Kier alpha value is -1.39. The molecule has 0 spiro atoms.